The summed E-state index contributed by atoms with van der Waals surface area (Å²) in [6.07, 6.45) is 32.6. The fraction of sp³-hybridized carbons (Fsp3) is 0.548. The summed E-state index contributed by atoms with van der Waals surface area (Å²) < 4.78 is 1.62. The van der Waals surface area contributed by atoms with Crippen LogP contribution in [0.1, 0.15) is 226 Å². The van der Waals surface area contributed by atoms with Gasteiger partial charge in [-0.3, -0.25) is 0 Å². The van der Waals surface area contributed by atoms with Crippen LogP contribution in [0.3, 0.4) is 0 Å². The Kier molecular flexibility index (Phi) is 32.3. The first-order chi connectivity index (χ1) is 32.3. The van der Waals surface area contributed by atoms with E-state index in [9.17, 15) is 5.53 Å². The second kappa shape index (κ2) is 36.4. The molecule has 67 heavy (non-hydrogen) atoms. The predicted molar refractivity (Wildman–Crippen MR) is 286 cm³/mol. The van der Waals surface area contributed by atoms with Gasteiger partial charge in [0.25, 0.3) is 0 Å². The molecule has 0 amide bonds. The molecule has 0 fully saturated rings. The minimum atomic E-state index is 0. The predicted octanol–water partition coefficient (Wildman–Crippen LogP) is 17.6. The average molecular weight is 956 g/mol. The summed E-state index contributed by atoms with van der Waals surface area (Å²) in [4.78, 5) is 0. The molecule has 0 radical (unpaired) electrons. The number of rotatable bonds is 29. The second-order valence-corrected chi connectivity index (χ2v) is 18.7. The smallest absolute Gasteiger partial charge is 0.210 e. The molecule has 4 nitrogen and oxygen atoms in total. The third kappa shape index (κ3) is 20.9. The first kappa shape index (κ1) is 59.5. The summed E-state index contributed by atoms with van der Waals surface area (Å²) >= 11 is 0. The Morgan fingerprint density at radius 3 is 1.10 bits per heavy atom. The first-order valence-electron chi connectivity index (χ1n) is 26.9. The number of allylic oxidation sites excluding steroid dienone is 2. The van der Waals surface area contributed by atoms with Gasteiger partial charge in [0.1, 0.15) is 0 Å². The number of aliphatic hydroxyl groups is 2. The quantitative estimate of drug-likeness (QED) is 0.0324. The zero-order chi connectivity index (χ0) is 47.8. The molecule has 372 valence electrons. The first-order valence-corrected chi connectivity index (χ1v) is 26.9. The molecule has 1 heterocycles. The summed E-state index contributed by atoms with van der Waals surface area (Å²) in [5.41, 5.74) is 29.4. The van der Waals surface area contributed by atoms with Gasteiger partial charge in [0.05, 0.1) is 13.2 Å². The third-order valence-corrected chi connectivity index (χ3v) is 13.1. The Morgan fingerprint density at radius 1 is 0.403 bits per heavy atom. The normalized spacial score (nSPS) is 12.0. The van der Waals surface area contributed by atoms with Crippen LogP contribution in [0.2, 0.25) is 0 Å². The maximum absolute atomic E-state index is 12.4. The van der Waals surface area contributed by atoms with Gasteiger partial charge in [-0.1, -0.05) is 180 Å². The molecule has 0 spiro atoms. The van der Waals surface area contributed by atoms with E-state index in [0.717, 1.165) is 54.6 Å². The molecule has 0 bridgehead atoms. The summed E-state index contributed by atoms with van der Waals surface area (Å²) in [6.45, 7) is 16.5. The van der Waals surface area contributed by atoms with Gasteiger partial charge in [-0.25, -0.2) is 4.70 Å². The minimum absolute atomic E-state index is 0. The Labute approximate surface area is 420 Å². The molecule has 1 aliphatic heterocycles. The van der Waals surface area contributed by atoms with Crippen molar-refractivity contribution in [2.75, 3.05) is 0 Å². The van der Waals surface area contributed by atoms with Crippen molar-refractivity contribution in [2.24, 2.45) is 0 Å². The molecular weight excluding hydrogens is 863 g/mol. The van der Waals surface area contributed by atoms with E-state index >= 15 is 0 Å². The molecule has 5 rings (SSSR count). The van der Waals surface area contributed by atoms with E-state index in [1.165, 1.54) is 167 Å². The number of unbranched alkanes of at least 4 members (excludes halogenated alkanes) is 11. The van der Waals surface area contributed by atoms with Crippen LogP contribution >= 0.6 is 0 Å². The van der Waals surface area contributed by atoms with Crippen molar-refractivity contribution in [1.29, 1.82) is 0 Å². The van der Waals surface area contributed by atoms with Crippen LogP contribution in [-0.2, 0) is 68.2 Å². The third-order valence-electron chi connectivity index (χ3n) is 13.1. The van der Waals surface area contributed by atoms with Crippen LogP contribution in [0.25, 0.3) is 16.9 Å². The van der Waals surface area contributed by atoms with Crippen molar-refractivity contribution in [3.8, 4) is 0 Å². The SMILES string of the molecule is CCCCCCCCC1=C(c2cc(CCCC)c(CCCC)c(CCCC)c2)[N+](=[N-])C(c2cc(CCCC)c(CCCC)c(CCCC)c2)=C1.OCc1ccccc1.OCc1ccccc1.[Ni]. The monoisotopic (exact) mass is 955 g/mol. The van der Waals surface area contributed by atoms with Gasteiger partial charge < -0.3 is 15.7 Å². The maximum atomic E-state index is 12.4. The molecule has 5 heteroatoms. The van der Waals surface area contributed by atoms with Crippen LogP contribution in [0, 0.1) is 0 Å². The molecule has 0 aromatic heterocycles. The topological polar surface area (TPSA) is 65.8 Å². The molecule has 0 unspecified atom stereocenters. The van der Waals surface area contributed by atoms with Gasteiger partial charge in [0.15, 0.2) is 0 Å². The molecule has 4 aromatic rings. The average Bonchev–Trinajstić information content (AvgIpc) is 3.69. The number of aryl methyl sites for hydroxylation is 4. The van der Waals surface area contributed by atoms with Crippen molar-refractivity contribution in [1.82, 2.24) is 0 Å². The van der Waals surface area contributed by atoms with E-state index in [1.807, 2.05) is 60.7 Å². The Morgan fingerprint density at radius 2 is 0.746 bits per heavy atom. The van der Waals surface area contributed by atoms with E-state index in [0.29, 0.717) is 0 Å². The van der Waals surface area contributed by atoms with Gasteiger partial charge in [0, 0.05) is 39.3 Å². The Bertz CT molecular complexity index is 1900. The van der Waals surface area contributed by atoms with Crippen molar-refractivity contribution < 1.29 is 31.4 Å². The van der Waals surface area contributed by atoms with E-state index in [4.69, 9.17) is 10.2 Å². The van der Waals surface area contributed by atoms with Gasteiger partial charge in [-0.15, -0.1) is 0 Å². The number of hydrogen-bond acceptors (Lipinski definition) is 2. The molecule has 1 aliphatic rings. The van der Waals surface area contributed by atoms with Gasteiger partial charge in [-0.05, 0) is 159 Å². The van der Waals surface area contributed by atoms with Crippen molar-refractivity contribution in [3.63, 3.8) is 0 Å². The van der Waals surface area contributed by atoms with Crippen LogP contribution in [-0.4, -0.2) is 14.9 Å². The van der Waals surface area contributed by atoms with Crippen LogP contribution in [0.15, 0.2) is 96.6 Å². The summed E-state index contributed by atoms with van der Waals surface area (Å²) in [5.74, 6) is 0. The van der Waals surface area contributed by atoms with Gasteiger partial charge in [0.2, 0.25) is 11.4 Å². The van der Waals surface area contributed by atoms with Crippen LogP contribution < -0.4 is 0 Å². The van der Waals surface area contributed by atoms with E-state index in [1.54, 1.807) is 15.8 Å². The summed E-state index contributed by atoms with van der Waals surface area (Å²) in [7, 11) is 0. The zero-order valence-electron chi connectivity index (χ0n) is 43.4. The van der Waals surface area contributed by atoms with Gasteiger partial charge in [-0.2, -0.15) is 0 Å². The number of nitrogens with zero attached hydrogens (tertiary/aromatic N) is 2. The van der Waals surface area contributed by atoms with Crippen LogP contribution in [0.5, 0.6) is 0 Å². The molecular formula is C62H92N2NiO2. The van der Waals surface area contributed by atoms with E-state index in [-0.39, 0.29) is 29.7 Å². The summed E-state index contributed by atoms with van der Waals surface area (Å²) in [6, 6.07) is 28.9. The fourth-order valence-corrected chi connectivity index (χ4v) is 9.11. The van der Waals surface area contributed by atoms with Crippen molar-refractivity contribution in [3.05, 3.63) is 158 Å². The zero-order valence-corrected chi connectivity index (χ0v) is 44.3. The molecule has 2 N–H and O–H groups in total. The molecule has 0 atom stereocenters. The molecule has 0 aliphatic carbocycles. The largest absolute Gasteiger partial charge is 0.493 e. The van der Waals surface area contributed by atoms with E-state index in [2.05, 4.69) is 78.8 Å². The maximum Gasteiger partial charge on any atom is 0.210 e. The van der Waals surface area contributed by atoms with E-state index < -0.39 is 0 Å². The molecule has 0 saturated heterocycles. The molecule has 4 aromatic carbocycles. The molecule has 0 saturated carbocycles. The van der Waals surface area contributed by atoms with Gasteiger partial charge >= 0.3 is 0 Å². The second-order valence-electron chi connectivity index (χ2n) is 18.7. The van der Waals surface area contributed by atoms with Crippen molar-refractivity contribution in [2.45, 2.75) is 222 Å². The fourth-order valence-electron chi connectivity index (χ4n) is 9.11. The Balaban J connectivity index is 0.000000755. The van der Waals surface area contributed by atoms with Crippen LogP contribution in [0.4, 0.5) is 0 Å². The number of benzene rings is 4. The van der Waals surface area contributed by atoms with Crippen molar-refractivity contribution >= 4 is 11.4 Å². The minimum Gasteiger partial charge on any atom is -0.493 e. The number of aliphatic hydroxyl groups excluding tert-OH is 2. The number of hydrogen-bond donors (Lipinski definition) is 2. The standard InChI is InChI=1S/C48H76N2.2C7H8O.Ni/c1-8-15-22-23-24-25-30-42-37-47(43-33-38(26-16-9-2)45(31-20-13-6)39(34-43)27-17-10-3)50(49)48(42)44-35-40(28-18-11-4)46(32-21-14-7)41(36-44)29-19-12-5;2*8-6-7-4-2-1-3-5-7;/h33-37H,8-32H2,1-7H3;2*1-5,8H,6H2;. The summed E-state index contributed by atoms with van der Waals surface area (Å²) in [5, 5.41) is 17.1. The Hall–Kier alpha value is -3.63.